The summed E-state index contributed by atoms with van der Waals surface area (Å²) >= 11 is 1.30. The van der Waals surface area contributed by atoms with Crippen LogP contribution in [0.3, 0.4) is 0 Å². The van der Waals surface area contributed by atoms with Crippen LogP contribution in [0.4, 0.5) is 5.13 Å². The number of nitrogens with one attached hydrogen (secondary N) is 1. The monoisotopic (exact) mass is 433 g/mol. The molecule has 31 heavy (non-hydrogen) atoms. The van der Waals surface area contributed by atoms with Crippen LogP contribution in [-0.4, -0.2) is 38.2 Å². The molecule has 1 N–H and O–H groups in total. The summed E-state index contributed by atoms with van der Waals surface area (Å²) in [5.41, 5.74) is 1.15. The second kappa shape index (κ2) is 7.73. The maximum absolute atomic E-state index is 13.0. The molecule has 0 aliphatic carbocycles. The third kappa shape index (κ3) is 3.68. The molecule has 9 nitrogen and oxygen atoms in total. The van der Waals surface area contributed by atoms with E-state index in [2.05, 4.69) is 20.3 Å². The predicted molar refractivity (Wildman–Crippen MR) is 113 cm³/mol. The molecule has 0 saturated carbocycles. The number of benzene rings is 1. The summed E-state index contributed by atoms with van der Waals surface area (Å²) in [5.74, 6) is -0.745. The minimum atomic E-state index is -0.398. The highest BCUT2D eigenvalue weighted by molar-refractivity contribution is 7.15. The first-order chi connectivity index (χ1) is 15.1. The molecule has 154 valence electrons. The fraction of sp³-hybridized carbons (Fsp3) is 0.143. The molecule has 4 heterocycles. The van der Waals surface area contributed by atoms with Gasteiger partial charge in [-0.1, -0.05) is 23.5 Å². The predicted octanol–water partition coefficient (Wildman–Crippen LogP) is 2.49. The number of thiazole rings is 1. The van der Waals surface area contributed by atoms with E-state index in [1.54, 1.807) is 29.2 Å². The summed E-state index contributed by atoms with van der Waals surface area (Å²) in [4.78, 5) is 52.4. The highest BCUT2D eigenvalue weighted by Crippen LogP contribution is 2.29. The average molecular weight is 433 g/mol. The van der Waals surface area contributed by atoms with Crippen LogP contribution in [0.2, 0.25) is 0 Å². The zero-order valence-electron chi connectivity index (χ0n) is 16.1. The van der Waals surface area contributed by atoms with Crippen molar-refractivity contribution >= 4 is 39.3 Å². The second-order valence-electron chi connectivity index (χ2n) is 6.88. The maximum Gasteiger partial charge on any atom is 0.290 e. The Hall–Kier alpha value is -3.92. The van der Waals surface area contributed by atoms with Gasteiger partial charge in [0, 0.05) is 36.3 Å². The number of hydrogen-bond acceptors (Lipinski definition) is 8. The number of hydrogen-bond donors (Lipinski definition) is 1. The number of nitrogens with zero attached hydrogens (tertiary/aromatic N) is 4. The fourth-order valence-corrected chi connectivity index (χ4v) is 4.38. The van der Waals surface area contributed by atoms with E-state index in [-0.39, 0.29) is 22.8 Å². The van der Waals surface area contributed by atoms with Gasteiger partial charge < -0.3 is 9.32 Å². The third-order valence-corrected chi connectivity index (χ3v) is 5.88. The van der Waals surface area contributed by atoms with Crippen molar-refractivity contribution in [3.8, 4) is 0 Å². The minimum absolute atomic E-state index is 0.00726. The number of anilines is 1. The van der Waals surface area contributed by atoms with Crippen LogP contribution in [0.5, 0.6) is 0 Å². The van der Waals surface area contributed by atoms with Crippen molar-refractivity contribution in [1.82, 2.24) is 19.9 Å². The summed E-state index contributed by atoms with van der Waals surface area (Å²) < 4.78 is 5.68. The number of amides is 2. The molecule has 2 amide bonds. The van der Waals surface area contributed by atoms with Gasteiger partial charge in [0.2, 0.25) is 0 Å². The Balaban J connectivity index is 1.34. The summed E-state index contributed by atoms with van der Waals surface area (Å²) in [5, 5.41) is 3.59. The molecule has 1 aliphatic rings. The minimum Gasteiger partial charge on any atom is -0.451 e. The van der Waals surface area contributed by atoms with Gasteiger partial charge >= 0.3 is 0 Å². The second-order valence-corrected chi connectivity index (χ2v) is 7.97. The molecular formula is C21H15N5O4S. The lowest BCUT2D eigenvalue weighted by atomic mass is 10.1. The largest absolute Gasteiger partial charge is 0.451 e. The molecule has 1 aromatic carbocycles. The van der Waals surface area contributed by atoms with Crippen LogP contribution < -0.4 is 10.7 Å². The SMILES string of the molecule is O=C(Nc1nc2c(s1)CN(C(=O)c1cc(=O)c3ccccc3o1)CC2)c1cnccn1. The smallest absolute Gasteiger partial charge is 0.290 e. The molecule has 0 unspecified atom stereocenters. The van der Waals surface area contributed by atoms with Crippen molar-refractivity contribution in [2.75, 3.05) is 11.9 Å². The summed E-state index contributed by atoms with van der Waals surface area (Å²) in [7, 11) is 0. The quantitative estimate of drug-likeness (QED) is 0.527. The van der Waals surface area contributed by atoms with Crippen molar-refractivity contribution in [3.63, 3.8) is 0 Å². The number of rotatable bonds is 3. The van der Waals surface area contributed by atoms with E-state index in [9.17, 15) is 14.4 Å². The summed E-state index contributed by atoms with van der Waals surface area (Å²) in [6.45, 7) is 0.757. The molecule has 0 saturated heterocycles. The van der Waals surface area contributed by atoms with Gasteiger partial charge in [-0.05, 0) is 12.1 Å². The molecule has 0 bridgehead atoms. The maximum atomic E-state index is 13.0. The molecule has 4 aromatic rings. The van der Waals surface area contributed by atoms with Gasteiger partial charge in [-0.15, -0.1) is 0 Å². The first kappa shape index (κ1) is 19.1. The Kier molecular flexibility index (Phi) is 4.75. The lowest BCUT2D eigenvalue weighted by molar-refractivity contribution is 0.0704. The fourth-order valence-electron chi connectivity index (χ4n) is 3.36. The number of carbonyl (C=O) groups excluding carboxylic acids is 2. The average Bonchev–Trinajstić information content (AvgIpc) is 3.20. The molecule has 1 aliphatic heterocycles. The zero-order chi connectivity index (χ0) is 21.4. The first-order valence-electron chi connectivity index (χ1n) is 9.46. The van der Waals surface area contributed by atoms with Gasteiger partial charge in [-0.3, -0.25) is 24.7 Å². The Labute approximate surface area is 179 Å². The Morgan fingerprint density at radius 3 is 2.90 bits per heavy atom. The zero-order valence-corrected chi connectivity index (χ0v) is 16.9. The molecule has 0 radical (unpaired) electrons. The van der Waals surface area contributed by atoms with Crippen LogP contribution in [0.25, 0.3) is 11.0 Å². The summed E-state index contributed by atoms with van der Waals surface area (Å²) in [6, 6.07) is 8.06. The standard InChI is InChI=1S/C21H15N5O4S/c27-15-9-17(30-16-4-2-1-3-12(15)16)20(29)26-8-5-13-18(11-26)31-21(24-13)25-19(28)14-10-22-6-7-23-14/h1-4,6-7,9-10H,5,8,11H2,(H,24,25,28). The van der Waals surface area contributed by atoms with E-state index in [1.165, 1.54) is 36.0 Å². The van der Waals surface area contributed by atoms with E-state index in [0.29, 0.717) is 35.6 Å². The Bertz CT molecular complexity index is 1370. The molecule has 10 heteroatoms. The third-order valence-electron chi connectivity index (χ3n) is 4.88. The molecule has 3 aromatic heterocycles. The molecule has 0 fully saturated rings. The van der Waals surface area contributed by atoms with E-state index >= 15 is 0 Å². The number of para-hydroxylation sites is 1. The van der Waals surface area contributed by atoms with Crippen molar-refractivity contribution in [2.45, 2.75) is 13.0 Å². The molecule has 0 spiro atoms. The summed E-state index contributed by atoms with van der Waals surface area (Å²) in [6.07, 6.45) is 4.84. The Morgan fingerprint density at radius 2 is 2.06 bits per heavy atom. The number of fused-ring (bicyclic) bond motifs is 2. The van der Waals surface area contributed by atoms with Gasteiger partial charge in [0.25, 0.3) is 11.8 Å². The van der Waals surface area contributed by atoms with Crippen LogP contribution in [0.15, 0.2) is 58.1 Å². The first-order valence-corrected chi connectivity index (χ1v) is 10.3. The van der Waals surface area contributed by atoms with Gasteiger partial charge in [0.05, 0.1) is 23.8 Å². The molecule has 0 atom stereocenters. The van der Waals surface area contributed by atoms with E-state index in [4.69, 9.17) is 4.42 Å². The molecule has 5 rings (SSSR count). The van der Waals surface area contributed by atoms with E-state index < -0.39 is 5.91 Å². The van der Waals surface area contributed by atoms with Crippen molar-refractivity contribution < 1.29 is 14.0 Å². The number of aromatic nitrogens is 3. The van der Waals surface area contributed by atoms with Crippen molar-refractivity contribution in [3.05, 3.63) is 81.2 Å². The normalized spacial score (nSPS) is 13.1. The highest BCUT2D eigenvalue weighted by atomic mass is 32.1. The Morgan fingerprint density at radius 1 is 1.19 bits per heavy atom. The van der Waals surface area contributed by atoms with E-state index in [1.807, 2.05) is 0 Å². The van der Waals surface area contributed by atoms with E-state index in [0.717, 1.165) is 10.6 Å². The van der Waals surface area contributed by atoms with Crippen LogP contribution in [-0.2, 0) is 13.0 Å². The van der Waals surface area contributed by atoms with Crippen LogP contribution in [0, 0.1) is 0 Å². The number of carbonyl (C=O) groups is 2. The van der Waals surface area contributed by atoms with Crippen molar-refractivity contribution in [2.24, 2.45) is 0 Å². The van der Waals surface area contributed by atoms with Crippen LogP contribution >= 0.6 is 11.3 Å². The van der Waals surface area contributed by atoms with Gasteiger partial charge in [-0.25, -0.2) is 9.97 Å². The lowest BCUT2D eigenvalue weighted by Crippen LogP contribution is -2.35. The van der Waals surface area contributed by atoms with Gasteiger partial charge in [0.15, 0.2) is 16.3 Å². The van der Waals surface area contributed by atoms with Gasteiger partial charge in [-0.2, -0.15) is 0 Å². The molecular weight excluding hydrogens is 418 g/mol. The van der Waals surface area contributed by atoms with Crippen molar-refractivity contribution in [1.29, 1.82) is 0 Å². The topological polar surface area (TPSA) is 118 Å². The van der Waals surface area contributed by atoms with Crippen LogP contribution in [0.1, 0.15) is 31.6 Å². The highest BCUT2D eigenvalue weighted by Gasteiger charge is 2.27. The lowest BCUT2D eigenvalue weighted by Gasteiger charge is -2.25. The van der Waals surface area contributed by atoms with Gasteiger partial charge in [0.1, 0.15) is 11.3 Å².